The third kappa shape index (κ3) is 3.04. The quantitative estimate of drug-likeness (QED) is 0.736. The van der Waals surface area contributed by atoms with Crippen LogP contribution in [0.3, 0.4) is 0 Å². The van der Waals surface area contributed by atoms with E-state index in [2.05, 4.69) is 32.8 Å². The summed E-state index contributed by atoms with van der Waals surface area (Å²) in [5, 5.41) is 0. The summed E-state index contributed by atoms with van der Waals surface area (Å²) in [6, 6.07) is 3.78. The number of aromatic nitrogens is 1. The molecule has 0 atom stereocenters. The number of rotatable bonds is 1. The first-order valence-corrected chi connectivity index (χ1v) is 4.42. The number of nitrogens with zero attached hydrogens (tertiary/aromatic N) is 1. The van der Waals surface area contributed by atoms with E-state index in [1.54, 1.807) is 6.20 Å². The Kier molecular flexibility index (Phi) is 3.78. The van der Waals surface area contributed by atoms with Gasteiger partial charge in [0.1, 0.15) is 5.69 Å². The molecule has 1 aromatic heterocycles. The molecule has 12 heavy (non-hydrogen) atoms. The zero-order chi connectivity index (χ0) is 8.81. The molecular weight excluding hydrogens is 216 g/mol. The maximum atomic E-state index is 5.29. The van der Waals surface area contributed by atoms with E-state index in [9.17, 15) is 0 Å². The second-order valence-electron chi connectivity index (χ2n) is 2.20. The van der Waals surface area contributed by atoms with Gasteiger partial charge in [0, 0.05) is 23.6 Å². The van der Waals surface area contributed by atoms with Gasteiger partial charge in [-0.1, -0.05) is 5.92 Å². The van der Waals surface area contributed by atoms with Gasteiger partial charge in [-0.3, -0.25) is 0 Å². The molecule has 0 fully saturated rings. The van der Waals surface area contributed by atoms with Crippen LogP contribution < -0.4 is 5.73 Å². The van der Waals surface area contributed by atoms with Crippen LogP contribution in [0, 0.1) is 11.8 Å². The largest absolute Gasteiger partial charge is 0.330 e. The molecule has 0 aliphatic rings. The minimum absolute atomic E-state index is 0.601. The summed E-state index contributed by atoms with van der Waals surface area (Å²) in [6.07, 6.45) is 2.45. The van der Waals surface area contributed by atoms with E-state index in [0.29, 0.717) is 6.54 Å². The molecule has 0 aromatic carbocycles. The van der Waals surface area contributed by atoms with Crippen LogP contribution >= 0.6 is 15.9 Å². The van der Waals surface area contributed by atoms with Crippen LogP contribution in [0.2, 0.25) is 0 Å². The van der Waals surface area contributed by atoms with Crippen molar-refractivity contribution in [3.63, 3.8) is 0 Å². The Morgan fingerprint density at radius 3 is 2.92 bits per heavy atom. The van der Waals surface area contributed by atoms with E-state index in [4.69, 9.17) is 5.73 Å². The minimum Gasteiger partial charge on any atom is -0.330 e. The molecule has 1 aromatic rings. The van der Waals surface area contributed by atoms with E-state index in [1.165, 1.54) is 0 Å². The minimum atomic E-state index is 0.601. The zero-order valence-corrected chi connectivity index (χ0v) is 8.13. The fourth-order valence-electron chi connectivity index (χ4n) is 0.675. The van der Waals surface area contributed by atoms with Gasteiger partial charge in [-0.15, -0.1) is 0 Å². The van der Waals surface area contributed by atoms with E-state index in [1.807, 2.05) is 12.1 Å². The van der Waals surface area contributed by atoms with Gasteiger partial charge in [0.25, 0.3) is 0 Å². The van der Waals surface area contributed by atoms with Gasteiger partial charge >= 0.3 is 0 Å². The molecule has 2 N–H and O–H groups in total. The molecule has 0 bridgehead atoms. The van der Waals surface area contributed by atoms with Crippen LogP contribution in [-0.2, 0) is 0 Å². The number of hydrogen-bond donors (Lipinski definition) is 1. The topological polar surface area (TPSA) is 38.9 Å². The van der Waals surface area contributed by atoms with Crippen LogP contribution in [-0.4, -0.2) is 11.5 Å². The van der Waals surface area contributed by atoms with Gasteiger partial charge in [0.05, 0.1) is 0 Å². The molecule has 62 valence electrons. The highest BCUT2D eigenvalue weighted by atomic mass is 79.9. The van der Waals surface area contributed by atoms with Crippen molar-refractivity contribution < 1.29 is 0 Å². The zero-order valence-electron chi connectivity index (χ0n) is 6.55. The fourth-order valence-corrected chi connectivity index (χ4v) is 0.910. The van der Waals surface area contributed by atoms with Gasteiger partial charge < -0.3 is 5.73 Å². The molecule has 0 saturated carbocycles. The summed E-state index contributed by atoms with van der Waals surface area (Å²) in [4.78, 5) is 4.09. The monoisotopic (exact) mass is 224 g/mol. The van der Waals surface area contributed by atoms with Crippen molar-refractivity contribution in [2.24, 2.45) is 5.73 Å². The highest BCUT2D eigenvalue weighted by Crippen LogP contribution is 2.06. The smallest absolute Gasteiger partial charge is 0.113 e. The summed E-state index contributed by atoms with van der Waals surface area (Å²) in [5.74, 6) is 5.83. The Labute approximate surface area is 80.3 Å². The van der Waals surface area contributed by atoms with Gasteiger partial charge in [-0.25, -0.2) is 4.98 Å². The van der Waals surface area contributed by atoms with Crippen LogP contribution in [0.1, 0.15) is 12.1 Å². The van der Waals surface area contributed by atoms with Crippen LogP contribution in [0.15, 0.2) is 22.8 Å². The Bertz CT molecular complexity index is 295. The first kappa shape index (κ1) is 9.24. The average molecular weight is 225 g/mol. The summed E-state index contributed by atoms with van der Waals surface area (Å²) >= 11 is 3.30. The predicted molar refractivity (Wildman–Crippen MR) is 52.5 cm³/mol. The molecule has 1 rings (SSSR count). The Morgan fingerprint density at radius 1 is 1.50 bits per heavy atom. The van der Waals surface area contributed by atoms with Crippen molar-refractivity contribution in [1.82, 2.24) is 4.98 Å². The third-order valence-electron chi connectivity index (χ3n) is 1.21. The molecule has 0 amide bonds. The summed E-state index contributed by atoms with van der Waals surface area (Å²) in [5.41, 5.74) is 6.07. The third-order valence-corrected chi connectivity index (χ3v) is 1.68. The predicted octanol–water partition coefficient (Wildman–Crippen LogP) is 1.54. The summed E-state index contributed by atoms with van der Waals surface area (Å²) < 4.78 is 0.965. The molecule has 1 heterocycles. The van der Waals surface area contributed by atoms with Crippen molar-refractivity contribution in [1.29, 1.82) is 0 Å². The molecule has 0 radical (unpaired) electrons. The molecule has 0 aliphatic carbocycles. The first-order chi connectivity index (χ1) is 5.83. The number of hydrogen-bond acceptors (Lipinski definition) is 2. The lowest BCUT2D eigenvalue weighted by atomic mass is 10.3. The van der Waals surface area contributed by atoms with Gasteiger partial charge in [-0.2, -0.15) is 0 Å². The van der Waals surface area contributed by atoms with E-state index >= 15 is 0 Å². The molecule has 0 aliphatic heterocycles. The Balaban J connectivity index is 2.66. The van der Waals surface area contributed by atoms with Crippen molar-refractivity contribution in [3.05, 3.63) is 28.5 Å². The lowest BCUT2D eigenvalue weighted by Crippen LogP contribution is -1.95. The SMILES string of the molecule is NCCC#Cc1ccc(Br)cn1. The molecule has 3 heteroatoms. The van der Waals surface area contributed by atoms with Crippen molar-refractivity contribution >= 4 is 15.9 Å². The molecule has 0 unspecified atom stereocenters. The highest BCUT2D eigenvalue weighted by Gasteiger charge is 1.87. The van der Waals surface area contributed by atoms with Crippen LogP contribution in [0.5, 0.6) is 0 Å². The maximum Gasteiger partial charge on any atom is 0.113 e. The van der Waals surface area contributed by atoms with E-state index in [0.717, 1.165) is 16.6 Å². The molecule has 2 nitrogen and oxygen atoms in total. The summed E-state index contributed by atoms with van der Waals surface area (Å²) in [6.45, 7) is 0.601. The van der Waals surface area contributed by atoms with Crippen LogP contribution in [0.25, 0.3) is 0 Å². The van der Waals surface area contributed by atoms with Gasteiger partial charge in [0.15, 0.2) is 0 Å². The second-order valence-corrected chi connectivity index (χ2v) is 3.12. The Morgan fingerprint density at radius 2 is 2.33 bits per heavy atom. The normalized spacial score (nSPS) is 8.83. The fraction of sp³-hybridized carbons (Fsp3) is 0.222. The van der Waals surface area contributed by atoms with E-state index in [-0.39, 0.29) is 0 Å². The lowest BCUT2D eigenvalue weighted by molar-refractivity contribution is 1.03. The van der Waals surface area contributed by atoms with Crippen molar-refractivity contribution in [2.75, 3.05) is 6.54 Å². The Hall–Kier alpha value is -0.850. The summed E-state index contributed by atoms with van der Waals surface area (Å²) in [7, 11) is 0. The highest BCUT2D eigenvalue weighted by molar-refractivity contribution is 9.10. The van der Waals surface area contributed by atoms with Gasteiger partial charge in [0.2, 0.25) is 0 Å². The molecule has 0 saturated heterocycles. The standard InChI is InChI=1S/C9H9BrN2/c10-8-4-5-9(12-7-8)3-1-2-6-11/h4-5,7H,2,6,11H2. The van der Waals surface area contributed by atoms with Crippen LogP contribution in [0.4, 0.5) is 0 Å². The number of halogens is 1. The van der Waals surface area contributed by atoms with E-state index < -0.39 is 0 Å². The number of nitrogens with two attached hydrogens (primary N) is 1. The van der Waals surface area contributed by atoms with Gasteiger partial charge in [-0.05, 0) is 34.0 Å². The lowest BCUT2D eigenvalue weighted by Gasteiger charge is -1.88. The van der Waals surface area contributed by atoms with Crippen molar-refractivity contribution in [2.45, 2.75) is 6.42 Å². The first-order valence-electron chi connectivity index (χ1n) is 3.63. The second kappa shape index (κ2) is 4.91. The number of pyridine rings is 1. The maximum absolute atomic E-state index is 5.29. The average Bonchev–Trinajstić information content (AvgIpc) is 2.09. The van der Waals surface area contributed by atoms with Crippen molar-refractivity contribution in [3.8, 4) is 11.8 Å². The molecular formula is C9H9BrN2. The molecule has 0 spiro atoms.